The van der Waals surface area contributed by atoms with Crippen molar-refractivity contribution in [3.05, 3.63) is 52.8 Å². The third-order valence-corrected chi connectivity index (χ3v) is 3.15. The standard InChI is InChI=1S/C15H16FN/c1-9-6-11(3)13(7-10(9)2)14-8-12(16)4-5-15(14)17/h4-8H,17H2,1-3H3. The zero-order valence-corrected chi connectivity index (χ0v) is 10.3. The number of hydrogen-bond donors (Lipinski definition) is 1. The van der Waals surface area contributed by atoms with Gasteiger partial charge in [0.2, 0.25) is 0 Å². The van der Waals surface area contributed by atoms with Crippen LogP contribution in [0.15, 0.2) is 30.3 Å². The fourth-order valence-corrected chi connectivity index (χ4v) is 2.01. The molecule has 0 bridgehead atoms. The molecule has 0 radical (unpaired) electrons. The van der Waals surface area contributed by atoms with Crippen molar-refractivity contribution in [2.75, 3.05) is 5.73 Å². The Labute approximate surface area is 101 Å². The summed E-state index contributed by atoms with van der Waals surface area (Å²) in [6.07, 6.45) is 0. The first kappa shape index (κ1) is 11.6. The van der Waals surface area contributed by atoms with Gasteiger partial charge in [0.1, 0.15) is 5.82 Å². The van der Waals surface area contributed by atoms with Crippen LogP contribution in [0.1, 0.15) is 16.7 Å². The minimum absolute atomic E-state index is 0.258. The van der Waals surface area contributed by atoms with Crippen molar-refractivity contribution in [1.82, 2.24) is 0 Å². The monoisotopic (exact) mass is 229 g/mol. The van der Waals surface area contributed by atoms with E-state index >= 15 is 0 Å². The molecule has 2 aromatic carbocycles. The molecule has 0 spiro atoms. The molecule has 0 unspecified atom stereocenters. The topological polar surface area (TPSA) is 26.0 Å². The molecule has 2 rings (SSSR count). The second kappa shape index (κ2) is 4.21. The van der Waals surface area contributed by atoms with E-state index in [4.69, 9.17) is 5.73 Å². The van der Waals surface area contributed by atoms with E-state index in [1.54, 1.807) is 6.07 Å². The van der Waals surface area contributed by atoms with Crippen LogP contribution in [-0.4, -0.2) is 0 Å². The fourth-order valence-electron chi connectivity index (χ4n) is 2.01. The minimum Gasteiger partial charge on any atom is -0.398 e. The zero-order chi connectivity index (χ0) is 12.6. The molecule has 0 saturated carbocycles. The van der Waals surface area contributed by atoms with Crippen molar-refractivity contribution < 1.29 is 4.39 Å². The van der Waals surface area contributed by atoms with Gasteiger partial charge in [0.15, 0.2) is 0 Å². The van der Waals surface area contributed by atoms with E-state index in [-0.39, 0.29) is 5.82 Å². The molecule has 0 amide bonds. The molecular formula is C15H16FN. The lowest BCUT2D eigenvalue weighted by molar-refractivity contribution is 0.628. The summed E-state index contributed by atoms with van der Waals surface area (Å²) in [7, 11) is 0. The highest BCUT2D eigenvalue weighted by Crippen LogP contribution is 2.31. The van der Waals surface area contributed by atoms with Crippen LogP contribution in [0.4, 0.5) is 10.1 Å². The molecule has 0 fully saturated rings. The van der Waals surface area contributed by atoms with Crippen molar-refractivity contribution in [2.45, 2.75) is 20.8 Å². The van der Waals surface area contributed by atoms with Crippen LogP contribution in [0.3, 0.4) is 0 Å². The predicted molar refractivity (Wildman–Crippen MR) is 70.5 cm³/mol. The Hall–Kier alpha value is -1.83. The van der Waals surface area contributed by atoms with Gasteiger partial charge in [-0.05, 0) is 61.2 Å². The second-order valence-electron chi connectivity index (χ2n) is 4.48. The quantitative estimate of drug-likeness (QED) is 0.735. The van der Waals surface area contributed by atoms with Crippen molar-refractivity contribution in [3.63, 3.8) is 0 Å². The lowest BCUT2D eigenvalue weighted by Gasteiger charge is -2.12. The largest absolute Gasteiger partial charge is 0.398 e. The number of halogens is 1. The van der Waals surface area contributed by atoms with Crippen LogP contribution in [-0.2, 0) is 0 Å². The van der Waals surface area contributed by atoms with Gasteiger partial charge in [-0.25, -0.2) is 4.39 Å². The number of aryl methyl sites for hydroxylation is 3. The van der Waals surface area contributed by atoms with Gasteiger partial charge in [-0.3, -0.25) is 0 Å². The Bertz CT molecular complexity index is 573. The molecule has 0 heterocycles. The van der Waals surface area contributed by atoms with Crippen LogP contribution >= 0.6 is 0 Å². The molecule has 2 aromatic rings. The van der Waals surface area contributed by atoms with E-state index in [1.165, 1.54) is 23.3 Å². The smallest absolute Gasteiger partial charge is 0.123 e. The van der Waals surface area contributed by atoms with Gasteiger partial charge in [0.05, 0.1) is 0 Å². The SMILES string of the molecule is Cc1cc(C)c(-c2cc(F)ccc2N)cc1C. The average Bonchev–Trinajstić information content (AvgIpc) is 2.27. The second-order valence-corrected chi connectivity index (χ2v) is 4.48. The summed E-state index contributed by atoms with van der Waals surface area (Å²) in [4.78, 5) is 0. The Balaban J connectivity index is 2.68. The summed E-state index contributed by atoms with van der Waals surface area (Å²) in [5, 5.41) is 0. The molecule has 0 atom stereocenters. The molecule has 1 nitrogen and oxygen atoms in total. The zero-order valence-electron chi connectivity index (χ0n) is 10.3. The minimum atomic E-state index is -0.258. The highest BCUT2D eigenvalue weighted by Gasteiger charge is 2.08. The fraction of sp³-hybridized carbons (Fsp3) is 0.200. The highest BCUT2D eigenvalue weighted by molar-refractivity contribution is 5.79. The maximum atomic E-state index is 13.3. The van der Waals surface area contributed by atoms with E-state index < -0.39 is 0 Å². The van der Waals surface area contributed by atoms with Gasteiger partial charge >= 0.3 is 0 Å². The lowest BCUT2D eigenvalue weighted by atomic mass is 9.94. The average molecular weight is 229 g/mol. The molecule has 2 heteroatoms. The van der Waals surface area contributed by atoms with Gasteiger partial charge in [-0.15, -0.1) is 0 Å². The highest BCUT2D eigenvalue weighted by atomic mass is 19.1. The molecule has 0 aliphatic heterocycles. The van der Waals surface area contributed by atoms with Gasteiger partial charge < -0.3 is 5.73 Å². The summed E-state index contributed by atoms with van der Waals surface area (Å²) >= 11 is 0. The molecule has 0 saturated heterocycles. The Morgan fingerprint density at radius 1 is 0.824 bits per heavy atom. The summed E-state index contributed by atoms with van der Waals surface area (Å²) < 4.78 is 13.3. The van der Waals surface area contributed by atoms with Crippen molar-refractivity contribution >= 4 is 5.69 Å². The van der Waals surface area contributed by atoms with Crippen molar-refractivity contribution in [3.8, 4) is 11.1 Å². The third kappa shape index (κ3) is 2.16. The van der Waals surface area contributed by atoms with E-state index in [0.717, 1.165) is 16.7 Å². The Kier molecular flexibility index (Phi) is 2.88. The van der Waals surface area contributed by atoms with Gasteiger partial charge in [-0.1, -0.05) is 12.1 Å². The van der Waals surface area contributed by atoms with Gasteiger partial charge in [0, 0.05) is 11.3 Å². The van der Waals surface area contributed by atoms with E-state index in [2.05, 4.69) is 19.1 Å². The number of benzene rings is 2. The first-order chi connectivity index (χ1) is 7.99. The summed E-state index contributed by atoms with van der Waals surface area (Å²) in [5.41, 5.74) is 11.8. The number of nitrogen functional groups attached to an aromatic ring is 1. The van der Waals surface area contributed by atoms with Crippen LogP contribution < -0.4 is 5.73 Å². The Morgan fingerprint density at radius 2 is 1.47 bits per heavy atom. The molecule has 88 valence electrons. The third-order valence-electron chi connectivity index (χ3n) is 3.15. The molecular weight excluding hydrogens is 213 g/mol. The summed E-state index contributed by atoms with van der Waals surface area (Å²) in [5.74, 6) is -0.258. The number of anilines is 1. The Morgan fingerprint density at radius 3 is 2.18 bits per heavy atom. The first-order valence-corrected chi connectivity index (χ1v) is 5.62. The maximum Gasteiger partial charge on any atom is 0.123 e. The summed E-state index contributed by atoms with van der Waals surface area (Å²) in [6, 6.07) is 8.66. The van der Waals surface area contributed by atoms with Crippen LogP contribution in [0.25, 0.3) is 11.1 Å². The van der Waals surface area contributed by atoms with Crippen LogP contribution in [0, 0.1) is 26.6 Å². The molecule has 0 aliphatic rings. The first-order valence-electron chi connectivity index (χ1n) is 5.62. The maximum absolute atomic E-state index is 13.3. The molecule has 2 N–H and O–H groups in total. The number of rotatable bonds is 1. The van der Waals surface area contributed by atoms with Gasteiger partial charge in [0.25, 0.3) is 0 Å². The molecule has 0 aliphatic carbocycles. The number of hydrogen-bond acceptors (Lipinski definition) is 1. The van der Waals surface area contributed by atoms with E-state index in [1.807, 2.05) is 13.8 Å². The van der Waals surface area contributed by atoms with E-state index in [0.29, 0.717) is 5.69 Å². The van der Waals surface area contributed by atoms with E-state index in [9.17, 15) is 4.39 Å². The number of nitrogens with two attached hydrogens (primary N) is 1. The van der Waals surface area contributed by atoms with Crippen molar-refractivity contribution in [1.29, 1.82) is 0 Å². The van der Waals surface area contributed by atoms with Crippen molar-refractivity contribution in [2.24, 2.45) is 0 Å². The predicted octanol–water partition coefficient (Wildman–Crippen LogP) is 4.00. The lowest BCUT2D eigenvalue weighted by Crippen LogP contribution is -1.94. The normalized spacial score (nSPS) is 10.6. The van der Waals surface area contributed by atoms with Gasteiger partial charge in [-0.2, -0.15) is 0 Å². The molecule has 17 heavy (non-hydrogen) atoms. The summed E-state index contributed by atoms with van der Waals surface area (Å²) in [6.45, 7) is 6.14. The molecule has 0 aromatic heterocycles. The van der Waals surface area contributed by atoms with Crippen LogP contribution in [0.5, 0.6) is 0 Å². The van der Waals surface area contributed by atoms with Crippen LogP contribution in [0.2, 0.25) is 0 Å².